The molecule has 4 rings (SSSR count). The molecule has 4 fully saturated rings. The topological polar surface area (TPSA) is 29.5 Å². The fraction of sp³-hybridized carbons (Fsp3) is 1.00. The minimum absolute atomic E-state index is 0.375. The number of hydrogen-bond acceptors (Lipinski definition) is 2. The molecule has 0 aromatic rings. The molecule has 8 atom stereocenters. The maximum Gasteiger partial charge on any atom is 0.0574 e. The summed E-state index contributed by atoms with van der Waals surface area (Å²) in [6, 6.07) is 0. The molecule has 0 heterocycles. The maximum atomic E-state index is 9.16. The first kappa shape index (κ1) is 19.2. The third kappa shape index (κ3) is 2.98. The predicted octanol–water partition coefficient (Wildman–Crippen LogP) is 5.82. The van der Waals surface area contributed by atoms with Crippen LogP contribution in [0.5, 0.6) is 0 Å². The minimum atomic E-state index is 0.375. The van der Waals surface area contributed by atoms with Crippen molar-refractivity contribution in [1.29, 1.82) is 0 Å². The number of hydrogen-bond donors (Lipinski definition) is 1. The quantitative estimate of drug-likeness (QED) is 0.624. The van der Waals surface area contributed by atoms with Crippen LogP contribution in [0.15, 0.2) is 0 Å². The summed E-state index contributed by atoms with van der Waals surface area (Å²) in [4.78, 5) is 0. The van der Waals surface area contributed by atoms with Crippen molar-refractivity contribution in [2.24, 2.45) is 40.4 Å². The van der Waals surface area contributed by atoms with Crippen LogP contribution in [0.4, 0.5) is 0 Å². The van der Waals surface area contributed by atoms with Gasteiger partial charge in [0.25, 0.3) is 0 Å². The minimum Gasteiger partial charge on any atom is -0.396 e. The van der Waals surface area contributed by atoms with Gasteiger partial charge in [-0.1, -0.05) is 20.3 Å². The molecule has 4 aliphatic rings. The van der Waals surface area contributed by atoms with E-state index in [9.17, 15) is 0 Å². The molecule has 0 saturated heterocycles. The Morgan fingerprint density at radius 3 is 2.42 bits per heavy atom. The summed E-state index contributed by atoms with van der Waals surface area (Å²) in [5.41, 5.74) is 1.19. The molecule has 0 spiro atoms. The van der Waals surface area contributed by atoms with Crippen molar-refractivity contribution in [3.05, 3.63) is 0 Å². The standard InChI is InChI=1S/C24H42O2/c1-23-14-12-22-20(21(23)10-8-17(23)6-4-5-15-25)9-7-18-16-19(26-3)11-13-24(18,22)2/h17-22,25H,4-16H2,1-3H3. The van der Waals surface area contributed by atoms with Gasteiger partial charge in [0.15, 0.2) is 0 Å². The lowest BCUT2D eigenvalue weighted by atomic mass is 9.44. The van der Waals surface area contributed by atoms with Crippen molar-refractivity contribution in [2.75, 3.05) is 13.7 Å². The lowest BCUT2D eigenvalue weighted by molar-refractivity contribution is -0.130. The Hall–Kier alpha value is -0.0800. The molecule has 4 saturated carbocycles. The van der Waals surface area contributed by atoms with Crippen LogP contribution in [0.2, 0.25) is 0 Å². The Morgan fingerprint density at radius 1 is 0.885 bits per heavy atom. The number of ether oxygens (including phenoxy) is 1. The highest BCUT2D eigenvalue weighted by Gasteiger charge is 2.59. The largest absolute Gasteiger partial charge is 0.396 e. The van der Waals surface area contributed by atoms with Gasteiger partial charge in [-0.2, -0.15) is 0 Å². The number of aliphatic hydroxyl groups is 1. The highest BCUT2D eigenvalue weighted by atomic mass is 16.5. The number of aliphatic hydroxyl groups excluding tert-OH is 1. The monoisotopic (exact) mass is 362 g/mol. The molecule has 26 heavy (non-hydrogen) atoms. The predicted molar refractivity (Wildman–Crippen MR) is 107 cm³/mol. The third-order valence-corrected chi connectivity index (χ3v) is 10.1. The van der Waals surface area contributed by atoms with Crippen LogP contribution in [0.25, 0.3) is 0 Å². The van der Waals surface area contributed by atoms with E-state index in [1.165, 1.54) is 70.6 Å². The maximum absolute atomic E-state index is 9.16. The first-order chi connectivity index (χ1) is 12.5. The van der Waals surface area contributed by atoms with Crippen molar-refractivity contribution in [2.45, 2.75) is 97.0 Å². The van der Waals surface area contributed by atoms with Crippen molar-refractivity contribution >= 4 is 0 Å². The summed E-state index contributed by atoms with van der Waals surface area (Å²) in [7, 11) is 1.92. The van der Waals surface area contributed by atoms with Gasteiger partial charge in [-0.25, -0.2) is 0 Å². The van der Waals surface area contributed by atoms with Crippen molar-refractivity contribution < 1.29 is 9.84 Å². The van der Waals surface area contributed by atoms with Gasteiger partial charge < -0.3 is 9.84 Å². The van der Waals surface area contributed by atoms with E-state index in [4.69, 9.17) is 9.84 Å². The van der Waals surface area contributed by atoms with Gasteiger partial charge in [0, 0.05) is 13.7 Å². The molecule has 0 bridgehead atoms. The van der Waals surface area contributed by atoms with Crippen LogP contribution in [0.3, 0.4) is 0 Å². The molecule has 2 heteroatoms. The number of unbranched alkanes of at least 4 members (excludes halogenated alkanes) is 1. The Kier molecular flexibility index (Phi) is 5.47. The highest BCUT2D eigenvalue weighted by molar-refractivity contribution is 5.09. The van der Waals surface area contributed by atoms with Crippen LogP contribution < -0.4 is 0 Å². The van der Waals surface area contributed by atoms with Crippen molar-refractivity contribution in [3.63, 3.8) is 0 Å². The van der Waals surface area contributed by atoms with Gasteiger partial charge in [0.2, 0.25) is 0 Å². The molecule has 0 aromatic carbocycles. The fourth-order valence-electron chi connectivity index (χ4n) is 8.52. The molecular formula is C24H42O2. The average molecular weight is 363 g/mol. The van der Waals surface area contributed by atoms with E-state index in [-0.39, 0.29) is 0 Å². The Balaban J connectivity index is 1.48. The Bertz CT molecular complexity index is 491. The zero-order valence-corrected chi connectivity index (χ0v) is 17.5. The van der Waals surface area contributed by atoms with E-state index in [0.717, 1.165) is 36.0 Å². The SMILES string of the molecule is COC1CCC2(C)C(CCC3C4CCC(CCCCO)C4(C)CCC32)C1. The highest BCUT2D eigenvalue weighted by Crippen LogP contribution is 2.67. The summed E-state index contributed by atoms with van der Waals surface area (Å²) >= 11 is 0. The second-order valence-electron chi connectivity index (χ2n) is 10.8. The van der Waals surface area contributed by atoms with E-state index in [1.807, 2.05) is 7.11 Å². The molecule has 0 radical (unpaired) electrons. The second kappa shape index (κ2) is 7.39. The van der Waals surface area contributed by atoms with Crippen molar-refractivity contribution in [1.82, 2.24) is 0 Å². The molecule has 4 aliphatic carbocycles. The summed E-state index contributed by atoms with van der Waals surface area (Å²) in [6.07, 6.45) is 17.0. The van der Waals surface area contributed by atoms with Crippen LogP contribution in [-0.4, -0.2) is 24.9 Å². The third-order valence-electron chi connectivity index (χ3n) is 10.1. The first-order valence-corrected chi connectivity index (χ1v) is 11.7. The normalized spacial score (nSPS) is 50.8. The lowest BCUT2D eigenvalue weighted by Crippen LogP contribution is -2.54. The molecule has 0 amide bonds. The van der Waals surface area contributed by atoms with Gasteiger partial charge in [-0.3, -0.25) is 0 Å². The second-order valence-corrected chi connectivity index (χ2v) is 10.8. The summed E-state index contributed by atoms with van der Waals surface area (Å²) in [5.74, 6) is 4.80. The fourth-order valence-corrected chi connectivity index (χ4v) is 8.52. The molecule has 150 valence electrons. The van der Waals surface area contributed by atoms with E-state index in [2.05, 4.69) is 13.8 Å². The summed E-state index contributed by atoms with van der Waals surface area (Å²) in [6.45, 7) is 5.69. The van der Waals surface area contributed by atoms with Crippen LogP contribution in [0.1, 0.15) is 90.9 Å². The number of fused-ring (bicyclic) bond motifs is 5. The van der Waals surface area contributed by atoms with Gasteiger partial charge in [-0.15, -0.1) is 0 Å². The average Bonchev–Trinajstić information content (AvgIpc) is 2.98. The molecule has 8 unspecified atom stereocenters. The van der Waals surface area contributed by atoms with Gasteiger partial charge >= 0.3 is 0 Å². The van der Waals surface area contributed by atoms with Gasteiger partial charge in [0.05, 0.1) is 6.10 Å². The van der Waals surface area contributed by atoms with Gasteiger partial charge in [-0.05, 0) is 111 Å². The van der Waals surface area contributed by atoms with Crippen LogP contribution in [-0.2, 0) is 4.74 Å². The zero-order chi connectivity index (χ0) is 18.4. The number of methoxy groups -OCH3 is 1. The zero-order valence-electron chi connectivity index (χ0n) is 17.5. The van der Waals surface area contributed by atoms with E-state index < -0.39 is 0 Å². The Labute approximate surface area is 161 Å². The summed E-state index contributed by atoms with van der Waals surface area (Å²) < 4.78 is 5.75. The van der Waals surface area contributed by atoms with Crippen molar-refractivity contribution in [3.8, 4) is 0 Å². The van der Waals surface area contributed by atoms with Gasteiger partial charge in [0.1, 0.15) is 0 Å². The van der Waals surface area contributed by atoms with E-state index in [1.54, 1.807) is 0 Å². The van der Waals surface area contributed by atoms with E-state index in [0.29, 0.717) is 23.5 Å². The molecule has 1 N–H and O–H groups in total. The molecule has 0 aromatic heterocycles. The Morgan fingerprint density at radius 2 is 1.65 bits per heavy atom. The molecule has 0 aliphatic heterocycles. The molecule has 2 nitrogen and oxygen atoms in total. The van der Waals surface area contributed by atoms with E-state index >= 15 is 0 Å². The summed E-state index contributed by atoms with van der Waals surface area (Å²) in [5, 5.41) is 9.16. The first-order valence-electron chi connectivity index (χ1n) is 11.7. The lowest BCUT2D eigenvalue weighted by Gasteiger charge is -2.61. The van der Waals surface area contributed by atoms with Crippen LogP contribution in [0, 0.1) is 40.4 Å². The number of rotatable bonds is 5. The molecular weight excluding hydrogens is 320 g/mol. The smallest absolute Gasteiger partial charge is 0.0574 e. The van der Waals surface area contributed by atoms with Crippen LogP contribution >= 0.6 is 0 Å².